The summed E-state index contributed by atoms with van der Waals surface area (Å²) >= 11 is 0. The summed E-state index contributed by atoms with van der Waals surface area (Å²) in [5.41, 5.74) is 0.677. The topological polar surface area (TPSA) is 80.9 Å². The van der Waals surface area contributed by atoms with E-state index in [9.17, 15) is 15.3 Å². The Balaban J connectivity index is 1.92. The first-order chi connectivity index (χ1) is 10.7. The minimum atomic E-state index is -1.50. The van der Waals surface area contributed by atoms with Crippen LogP contribution in [0.4, 0.5) is 0 Å². The molecule has 0 amide bonds. The molecule has 2 aliphatic carbocycles. The first-order valence-corrected chi connectivity index (χ1v) is 9.11. The van der Waals surface area contributed by atoms with Crippen LogP contribution < -0.4 is 0 Å². The van der Waals surface area contributed by atoms with Crippen LogP contribution >= 0.6 is 0 Å². The Morgan fingerprint density at radius 3 is 2.57 bits per heavy atom. The maximum Gasteiger partial charge on any atom is 0.165 e. The fourth-order valence-electron chi connectivity index (χ4n) is 5.38. The molecule has 0 saturated heterocycles. The molecule has 0 aliphatic heterocycles. The molecule has 0 heterocycles. The van der Waals surface area contributed by atoms with Gasteiger partial charge in [-0.25, -0.2) is 0 Å². The zero-order valence-corrected chi connectivity index (χ0v) is 14.7. The van der Waals surface area contributed by atoms with E-state index in [2.05, 4.69) is 20.4 Å². The summed E-state index contributed by atoms with van der Waals surface area (Å²) in [6, 6.07) is 0. The SMILES string of the molecule is C=C(CO)CC(O)CCC(C)[C@H]1CCC2C(O)(O)CCC[C@@]21C. The Labute approximate surface area is 140 Å². The summed E-state index contributed by atoms with van der Waals surface area (Å²) in [6.07, 6.45) is 6.04. The molecule has 4 N–H and O–H groups in total. The third-order valence-electron chi connectivity index (χ3n) is 6.62. The minimum Gasteiger partial charge on any atom is -0.393 e. The molecule has 134 valence electrons. The van der Waals surface area contributed by atoms with Crippen molar-refractivity contribution in [2.75, 3.05) is 6.61 Å². The van der Waals surface area contributed by atoms with Crippen LogP contribution in [0.1, 0.15) is 65.2 Å². The predicted molar refractivity (Wildman–Crippen MR) is 90.6 cm³/mol. The summed E-state index contributed by atoms with van der Waals surface area (Å²) in [5.74, 6) is -0.578. The van der Waals surface area contributed by atoms with Crippen LogP contribution in [0.2, 0.25) is 0 Å². The largest absolute Gasteiger partial charge is 0.393 e. The van der Waals surface area contributed by atoms with E-state index in [-0.39, 0.29) is 17.9 Å². The number of rotatable bonds is 7. The van der Waals surface area contributed by atoms with E-state index in [0.29, 0.717) is 36.7 Å². The second kappa shape index (κ2) is 7.22. The number of aliphatic hydroxyl groups excluding tert-OH is 2. The molecule has 2 aliphatic rings. The highest BCUT2D eigenvalue weighted by Crippen LogP contribution is 2.60. The third kappa shape index (κ3) is 3.98. The summed E-state index contributed by atoms with van der Waals surface area (Å²) in [4.78, 5) is 0. The van der Waals surface area contributed by atoms with Crippen molar-refractivity contribution in [3.05, 3.63) is 12.2 Å². The molecule has 2 saturated carbocycles. The van der Waals surface area contributed by atoms with E-state index < -0.39 is 11.9 Å². The Bertz CT molecular complexity index is 420. The molecule has 3 unspecified atom stereocenters. The van der Waals surface area contributed by atoms with Crippen molar-refractivity contribution < 1.29 is 20.4 Å². The van der Waals surface area contributed by atoms with Gasteiger partial charge in [0.05, 0.1) is 12.7 Å². The van der Waals surface area contributed by atoms with E-state index >= 15 is 0 Å². The summed E-state index contributed by atoms with van der Waals surface area (Å²) in [6.45, 7) is 8.13. The molecule has 0 radical (unpaired) electrons. The molecule has 0 spiro atoms. The van der Waals surface area contributed by atoms with Crippen LogP contribution in [0.3, 0.4) is 0 Å². The Morgan fingerprint density at radius 1 is 1.22 bits per heavy atom. The molecule has 2 fully saturated rings. The Morgan fingerprint density at radius 2 is 1.91 bits per heavy atom. The fraction of sp³-hybridized carbons (Fsp3) is 0.895. The maximum atomic E-state index is 10.3. The molecule has 0 aromatic rings. The molecule has 4 nitrogen and oxygen atoms in total. The third-order valence-corrected chi connectivity index (χ3v) is 6.62. The van der Waals surface area contributed by atoms with Crippen LogP contribution in [-0.4, -0.2) is 38.9 Å². The number of hydrogen-bond acceptors (Lipinski definition) is 4. The van der Waals surface area contributed by atoms with Gasteiger partial charge in [0.25, 0.3) is 0 Å². The summed E-state index contributed by atoms with van der Waals surface area (Å²) in [7, 11) is 0. The normalized spacial score (nSPS) is 35.6. The standard InChI is InChI=1S/C19H34O4/c1-13(12-20)11-15(21)6-5-14(2)16-7-8-17-18(16,3)9-4-10-19(17,22)23/h14-17,20-23H,1,4-12H2,2-3H3/t14?,15?,16-,17?,18-/m1/s1. The van der Waals surface area contributed by atoms with Gasteiger partial charge in [0.15, 0.2) is 5.79 Å². The quantitative estimate of drug-likeness (QED) is 0.428. The molecule has 23 heavy (non-hydrogen) atoms. The van der Waals surface area contributed by atoms with Crippen molar-refractivity contribution in [1.82, 2.24) is 0 Å². The van der Waals surface area contributed by atoms with E-state index in [4.69, 9.17) is 5.11 Å². The predicted octanol–water partition coefficient (Wildman–Crippen LogP) is 2.60. The van der Waals surface area contributed by atoms with Crippen LogP contribution in [0, 0.1) is 23.2 Å². The lowest BCUT2D eigenvalue weighted by atomic mass is 9.60. The van der Waals surface area contributed by atoms with Crippen molar-refractivity contribution in [1.29, 1.82) is 0 Å². The second-order valence-corrected chi connectivity index (χ2v) is 8.30. The second-order valence-electron chi connectivity index (χ2n) is 8.30. The van der Waals surface area contributed by atoms with Gasteiger partial charge in [-0.05, 0) is 67.8 Å². The van der Waals surface area contributed by atoms with Crippen LogP contribution in [0.5, 0.6) is 0 Å². The monoisotopic (exact) mass is 326 g/mol. The lowest BCUT2D eigenvalue weighted by molar-refractivity contribution is -0.245. The van der Waals surface area contributed by atoms with Crippen LogP contribution in [0.25, 0.3) is 0 Å². The van der Waals surface area contributed by atoms with E-state index in [1.807, 2.05) is 0 Å². The zero-order valence-electron chi connectivity index (χ0n) is 14.7. The van der Waals surface area contributed by atoms with Gasteiger partial charge in [0.2, 0.25) is 0 Å². The molecule has 0 aromatic heterocycles. The average Bonchev–Trinajstić information content (AvgIpc) is 2.83. The van der Waals surface area contributed by atoms with Gasteiger partial charge in [0, 0.05) is 12.3 Å². The Kier molecular flexibility index (Phi) is 5.94. The minimum absolute atomic E-state index is 0.000808. The summed E-state index contributed by atoms with van der Waals surface area (Å²) in [5, 5.41) is 39.7. The summed E-state index contributed by atoms with van der Waals surface area (Å²) < 4.78 is 0. The molecule has 2 rings (SSSR count). The van der Waals surface area contributed by atoms with Crippen molar-refractivity contribution in [2.45, 2.75) is 77.1 Å². The lowest BCUT2D eigenvalue weighted by Gasteiger charge is -2.48. The van der Waals surface area contributed by atoms with Gasteiger partial charge in [-0.3, -0.25) is 0 Å². The lowest BCUT2D eigenvalue weighted by Crippen LogP contribution is -2.50. The van der Waals surface area contributed by atoms with Gasteiger partial charge < -0.3 is 20.4 Å². The average molecular weight is 326 g/mol. The van der Waals surface area contributed by atoms with Gasteiger partial charge in [-0.1, -0.05) is 20.4 Å². The molecule has 0 aromatic carbocycles. The highest BCUT2D eigenvalue weighted by molar-refractivity contribution is 5.04. The highest BCUT2D eigenvalue weighted by Gasteiger charge is 2.57. The van der Waals surface area contributed by atoms with Crippen molar-refractivity contribution in [3.63, 3.8) is 0 Å². The highest BCUT2D eigenvalue weighted by atomic mass is 16.5. The molecule has 0 bridgehead atoms. The first kappa shape index (κ1) is 18.9. The zero-order chi connectivity index (χ0) is 17.3. The molecule has 5 atom stereocenters. The number of aliphatic hydroxyl groups is 4. The molecule has 4 heteroatoms. The van der Waals surface area contributed by atoms with Crippen LogP contribution in [-0.2, 0) is 0 Å². The van der Waals surface area contributed by atoms with Gasteiger partial charge in [0.1, 0.15) is 0 Å². The number of fused-ring (bicyclic) bond motifs is 1. The van der Waals surface area contributed by atoms with Gasteiger partial charge in [-0.15, -0.1) is 0 Å². The molecular formula is C19H34O4. The molecular weight excluding hydrogens is 292 g/mol. The van der Waals surface area contributed by atoms with Gasteiger partial charge in [-0.2, -0.15) is 0 Å². The van der Waals surface area contributed by atoms with E-state index in [1.54, 1.807) is 0 Å². The van der Waals surface area contributed by atoms with Crippen molar-refractivity contribution in [3.8, 4) is 0 Å². The fourth-order valence-corrected chi connectivity index (χ4v) is 5.38. The van der Waals surface area contributed by atoms with E-state index in [0.717, 1.165) is 32.1 Å². The van der Waals surface area contributed by atoms with E-state index in [1.165, 1.54) is 0 Å². The smallest absolute Gasteiger partial charge is 0.165 e. The van der Waals surface area contributed by atoms with Crippen molar-refractivity contribution in [2.24, 2.45) is 23.2 Å². The van der Waals surface area contributed by atoms with Crippen molar-refractivity contribution >= 4 is 0 Å². The Hall–Kier alpha value is -0.420. The first-order valence-electron chi connectivity index (χ1n) is 9.11. The van der Waals surface area contributed by atoms with Gasteiger partial charge >= 0.3 is 0 Å². The van der Waals surface area contributed by atoms with Crippen LogP contribution in [0.15, 0.2) is 12.2 Å². The number of hydrogen-bond donors (Lipinski definition) is 4. The maximum absolute atomic E-state index is 10.3.